The molecule has 3 N–H and O–H groups in total. The highest BCUT2D eigenvalue weighted by atomic mass is 16.5. The van der Waals surface area contributed by atoms with Gasteiger partial charge in [0.2, 0.25) is 0 Å². The topological polar surface area (TPSA) is 92.6 Å². The standard InChI is InChI=1S/C24H30N6O2/c1-3-25-24(28-17-16-26-23(31)20-7-11-22(32-2)12-8-20)27-15-13-19-5-9-21(10-6-19)30-18-4-14-29-30/h4-12,14,18H,3,13,15-17H2,1-2H3,(H,26,31)(H2,25,27,28). The van der Waals surface area contributed by atoms with Gasteiger partial charge in [-0.3, -0.25) is 9.79 Å². The third-order valence-corrected chi connectivity index (χ3v) is 4.78. The smallest absolute Gasteiger partial charge is 0.251 e. The third-order valence-electron chi connectivity index (χ3n) is 4.78. The Morgan fingerprint density at radius 1 is 1.03 bits per heavy atom. The lowest BCUT2D eigenvalue weighted by Gasteiger charge is -2.12. The molecule has 32 heavy (non-hydrogen) atoms. The van der Waals surface area contributed by atoms with Gasteiger partial charge < -0.3 is 20.7 Å². The average Bonchev–Trinajstić information content (AvgIpc) is 3.37. The molecule has 0 saturated carbocycles. The number of ether oxygens (including phenoxy) is 1. The first-order valence-corrected chi connectivity index (χ1v) is 10.7. The number of carbonyl (C=O) groups excluding carboxylic acids is 1. The lowest BCUT2D eigenvalue weighted by atomic mass is 10.1. The van der Waals surface area contributed by atoms with Crippen LogP contribution in [-0.4, -0.2) is 54.9 Å². The van der Waals surface area contributed by atoms with Crippen LogP contribution in [0.4, 0.5) is 0 Å². The quantitative estimate of drug-likeness (QED) is 0.259. The normalized spacial score (nSPS) is 11.1. The zero-order valence-electron chi connectivity index (χ0n) is 18.5. The summed E-state index contributed by atoms with van der Waals surface area (Å²) < 4.78 is 6.95. The number of nitrogens with one attached hydrogen (secondary N) is 3. The maximum absolute atomic E-state index is 12.2. The van der Waals surface area contributed by atoms with E-state index in [0.29, 0.717) is 25.2 Å². The van der Waals surface area contributed by atoms with Crippen molar-refractivity contribution >= 4 is 11.9 Å². The molecule has 2 aromatic carbocycles. The summed E-state index contributed by atoms with van der Waals surface area (Å²) in [6.45, 7) is 4.52. The predicted octanol–water partition coefficient (Wildman–Crippen LogP) is 2.41. The van der Waals surface area contributed by atoms with Gasteiger partial charge in [0.15, 0.2) is 5.96 Å². The van der Waals surface area contributed by atoms with Crippen molar-refractivity contribution in [1.82, 2.24) is 25.7 Å². The number of aromatic nitrogens is 2. The highest BCUT2D eigenvalue weighted by Crippen LogP contribution is 2.11. The fraction of sp³-hybridized carbons (Fsp3) is 0.292. The summed E-state index contributed by atoms with van der Waals surface area (Å²) in [7, 11) is 1.60. The number of carbonyl (C=O) groups is 1. The van der Waals surface area contributed by atoms with Gasteiger partial charge in [-0.2, -0.15) is 5.10 Å². The van der Waals surface area contributed by atoms with Crippen LogP contribution in [0.25, 0.3) is 5.69 Å². The van der Waals surface area contributed by atoms with Crippen LogP contribution >= 0.6 is 0 Å². The monoisotopic (exact) mass is 434 g/mol. The first kappa shape index (κ1) is 22.9. The Morgan fingerprint density at radius 2 is 1.78 bits per heavy atom. The summed E-state index contributed by atoms with van der Waals surface area (Å²) in [6.07, 6.45) is 4.53. The van der Waals surface area contributed by atoms with Crippen LogP contribution in [0.5, 0.6) is 5.75 Å². The van der Waals surface area contributed by atoms with E-state index in [2.05, 4.69) is 50.3 Å². The van der Waals surface area contributed by atoms with Crippen molar-refractivity contribution in [3.05, 3.63) is 78.1 Å². The lowest BCUT2D eigenvalue weighted by Crippen LogP contribution is -2.41. The summed E-state index contributed by atoms with van der Waals surface area (Å²) in [4.78, 5) is 16.8. The van der Waals surface area contributed by atoms with Gasteiger partial charge in [-0.15, -0.1) is 0 Å². The van der Waals surface area contributed by atoms with Crippen LogP contribution in [-0.2, 0) is 6.42 Å². The van der Waals surface area contributed by atoms with Gasteiger partial charge in [0.05, 0.1) is 12.8 Å². The highest BCUT2D eigenvalue weighted by Gasteiger charge is 2.05. The lowest BCUT2D eigenvalue weighted by molar-refractivity contribution is 0.0954. The molecule has 0 aliphatic carbocycles. The van der Waals surface area contributed by atoms with Crippen LogP contribution in [0.2, 0.25) is 0 Å². The average molecular weight is 435 g/mol. The van der Waals surface area contributed by atoms with E-state index in [-0.39, 0.29) is 5.91 Å². The minimum atomic E-state index is -0.116. The first-order valence-electron chi connectivity index (χ1n) is 10.7. The molecule has 168 valence electrons. The Hall–Kier alpha value is -3.81. The van der Waals surface area contributed by atoms with Crippen LogP contribution < -0.4 is 20.7 Å². The van der Waals surface area contributed by atoms with E-state index in [0.717, 1.165) is 30.4 Å². The molecule has 8 nitrogen and oxygen atoms in total. The number of aliphatic imine (C=N–C) groups is 1. The Morgan fingerprint density at radius 3 is 2.44 bits per heavy atom. The van der Waals surface area contributed by atoms with Gasteiger partial charge in [-0.1, -0.05) is 12.1 Å². The maximum Gasteiger partial charge on any atom is 0.251 e. The van der Waals surface area contributed by atoms with Crippen molar-refractivity contribution in [3.63, 3.8) is 0 Å². The van der Waals surface area contributed by atoms with Gasteiger partial charge in [0.1, 0.15) is 5.75 Å². The van der Waals surface area contributed by atoms with Crippen LogP contribution in [0.3, 0.4) is 0 Å². The van der Waals surface area contributed by atoms with Crippen molar-refractivity contribution < 1.29 is 9.53 Å². The van der Waals surface area contributed by atoms with Crippen molar-refractivity contribution in [2.75, 3.05) is 33.3 Å². The van der Waals surface area contributed by atoms with Crippen LogP contribution in [0.1, 0.15) is 22.8 Å². The largest absolute Gasteiger partial charge is 0.497 e. The minimum Gasteiger partial charge on any atom is -0.497 e. The van der Waals surface area contributed by atoms with E-state index in [1.165, 1.54) is 5.56 Å². The molecule has 0 aliphatic rings. The van der Waals surface area contributed by atoms with Crippen LogP contribution in [0.15, 0.2) is 72.0 Å². The van der Waals surface area contributed by atoms with E-state index >= 15 is 0 Å². The second kappa shape index (κ2) is 12.1. The number of rotatable bonds is 10. The van der Waals surface area contributed by atoms with Gasteiger partial charge in [-0.05, 0) is 61.4 Å². The molecule has 0 atom stereocenters. The van der Waals surface area contributed by atoms with E-state index in [1.54, 1.807) is 37.6 Å². The fourth-order valence-electron chi connectivity index (χ4n) is 3.08. The number of guanidine groups is 1. The molecule has 3 aromatic rings. The van der Waals surface area contributed by atoms with E-state index in [4.69, 9.17) is 4.74 Å². The Labute approximate surface area is 188 Å². The summed E-state index contributed by atoms with van der Waals surface area (Å²) in [6, 6.07) is 17.2. The molecule has 0 unspecified atom stereocenters. The molecule has 1 aromatic heterocycles. The summed E-state index contributed by atoms with van der Waals surface area (Å²) in [5.74, 6) is 1.35. The Kier molecular flexibility index (Phi) is 8.68. The fourth-order valence-corrected chi connectivity index (χ4v) is 3.08. The molecule has 3 rings (SSSR count). The molecule has 0 spiro atoms. The second-order valence-electron chi connectivity index (χ2n) is 7.04. The van der Waals surface area contributed by atoms with E-state index < -0.39 is 0 Å². The number of hydrogen-bond donors (Lipinski definition) is 3. The molecule has 0 fully saturated rings. The highest BCUT2D eigenvalue weighted by molar-refractivity contribution is 5.94. The Bertz CT molecular complexity index is 982. The number of amides is 1. The Balaban J connectivity index is 1.41. The molecule has 0 aliphatic heterocycles. The van der Waals surface area contributed by atoms with Crippen molar-refractivity contribution in [2.24, 2.45) is 4.99 Å². The molecule has 0 radical (unpaired) electrons. The molecule has 1 amide bonds. The molecule has 0 bridgehead atoms. The predicted molar refractivity (Wildman–Crippen MR) is 127 cm³/mol. The number of benzene rings is 2. The summed E-state index contributed by atoms with van der Waals surface area (Å²) in [5, 5.41) is 13.6. The van der Waals surface area contributed by atoms with Gasteiger partial charge in [-0.25, -0.2) is 4.68 Å². The maximum atomic E-state index is 12.2. The van der Waals surface area contributed by atoms with Crippen molar-refractivity contribution in [3.8, 4) is 11.4 Å². The van der Waals surface area contributed by atoms with E-state index in [9.17, 15) is 4.79 Å². The number of methoxy groups -OCH3 is 1. The SMILES string of the molecule is CCNC(=NCCc1ccc(-n2cccn2)cc1)NCCNC(=O)c1ccc(OC)cc1. The zero-order valence-corrected chi connectivity index (χ0v) is 18.5. The number of nitrogens with zero attached hydrogens (tertiary/aromatic N) is 3. The molecule has 1 heterocycles. The van der Waals surface area contributed by atoms with E-state index in [1.807, 2.05) is 23.9 Å². The van der Waals surface area contributed by atoms with Crippen LogP contribution in [0, 0.1) is 0 Å². The zero-order chi connectivity index (χ0) is 22.6. The third kappa shape index (κ3) is 6.87. The van der Waals surface area contributed by atoms with Crippen molar-refractivity contribution in [2.45, 2.75) is 13.3 Å². The molecular weight excluding hydrogens is 404 g/mol. The van der Waals surface area contributed by atoms with Gasteiger partial charge >= 0.3 is 0 Å². The number of hydrogen-bond acceptors (Lipinski definition) is 4. The second-order valence-corrected chi connectivity index (χ2v) is 7.04. The molecule has 8 heteroatoms. The van der Waals surface area contributed by atoms with Crippen molar-refractivity contribution in [1.29, 1.82) is 0 Å². The molecule has 0 saturated heterocycles. The first-order chi connectivity index (χ1) is 15.7. The summed E-state index contributed by atoms with van der Waals surface area (Å²) >= 11 is 0. The van der Waals surface area contributed by atoms with Gasteiger partial charge in [0, 0.05) is 44.1 Å². The molecular formula is C24H30N6O2. The minimum absolute atomic E-state index is 0.116. The van der Waals surface area contributed by atoms with Gasteiger partial charge in [0.25, 0.3) is 5.91 Å². The summed E-state index contributed by atoms with van der Waals surface area (Å²) in [5.41, 5.74) is 2.85.